The van der Waals surface area contributed by atoms with Crippen LogP contribution in [-0.2, 0) is 4.79 Å². The minimum absolute atomic E-state index is 0.0230. The van der Waals surface area contributed by atoms with Crippen LogP contribution in [0.3, 0.4) is 0 Å². The Morgan fingerprint density at radius 1 is 1.50 bits per heavy atom. The van der Waals surface area contributed by atoms with Crippen LogP contribution < -0.4 is 11.1 Å². The van der Waals surface area contributed by atoms with Gasteiger partial charge in [0.15, 0.2) is 0 Å². The first-order valence-corrected chi connectivity index (χ1v) is 5.17. The van der Waals surface area contributed by atoms with Crippen LogP contribution in [-0.4, -0.2) is 29.7 Å². The van der Waals surface area contributed by atoms with Gasteiger partial charge in [-0.05, 0) is 12.3 Å². The molecule has 0 spiro atoms. The molecule has 0 aliphatic carbocycles. The van der Waals surface area contributed by atoms with Gasteiger partial charge in [-0.15, -0.1) is 0 Å². The summed E-state index contributed by atoms with van der Waals surface area (Å²) in [6.45, 7) is 5.84. The Hall–Kier alpha value is -0.610. The number of aliphatic hydroxyl groups excluding tert-OH is 1. The van der Waals surface area contributed by atoms with Gasteiger partial charge in [0.05, 0.1) is 12.6 Å². The maximum absolute atomic E-state index is 11.4. The highest BCUT2D eigenvalue weighted by molar-refractivity contribution is 5.76. The lowest BCUT2D eigenvalue weighted by Crippen LogP contribution is -2.43. The van der Waals surface area contributed by atoms with Crippen molar-refractivity contribution >= 4 is 5.91 Å². The summed E-state index contributed by atoms with van der Waals surface area (Å²) in [7, 11) is 0. The van der Waals surface area contributed by atoms with Gasteiger partial charge in [0.25, 0.3) is 0 Å². The molecule has 0 aromatic carbocycles. The number of carbonyl (C=O) groups is 1. The highest BCUT2D eigenvalue weighted by atomic mass is 16.3. The number of nitrogens with one attached hydrogen (secondary N) is 1. The second kappa shape index (κ2) is 6.79. The first kappa shape index (κ1) is 13.4. The molecular formula is C10H22N2O2. The van der Waals surface area contributed by atoms with Crippen LogP contribution in [0.5, 0.6) is 0 Å². The number of hydrogen-bond acceptors (Lipinski definition) is 3. The molecule has 4 N–H and O–H groups in total. The van der Waals surface area contributed by atoms with E-state index in [1.807, 2.05) is 20.8 Å². The molecule has 4 nitrogen and oxygen atoms in total. The molecule has 0 aromatic rings. The molecule has 1 unspecified atom stereocenters. The van der Waals surface area contributed by atoms with E-state index in [0.717, 1.165) is 6.42 Å². The molecule has 84 valence electrons. The minimum atomic E-state index is -0.161. The Labute approximate surface area is 85.9 Å². The van der Waals surface area contributed by atoms with Crippen molar-refractivity contribution in [3.63, 3.8) is 0 Å². The van der Waals surface area contributed by atoms with Gasteiger partial charge in [0.2, 0.25) is 5.91 Å². The van der Waals surface area contributed by atoms with Crippen molar-refractivity contribution in [2.24, 2.45) is 11.7 Å². The highest BCUT2D eigenvalue weighted by Crippen LogP contribution is 2.01. The van der Waals surface area contributed by atoms with Crippen LogP contribution in [0, 0.1) is 5.92 Å². The SMILES string of the molecule is CCC(N)CC(=O)N[C@H](CO)C(C)C. The fourth-order valence-corrected chi connectivity index (χ4v) is 1.07. The van der Waals surface area contributed by atoms with Crippen LogP contribution >= 0.6 is 0 Å². The van der Waals surface area contributed by atoms with Crippen molar-refractivity contribution in [1.29, 1.82) is 0 Å². The summed E-state index contributed by atoms with van der Waals surface area (Å²) < 4.78 is 0. The third-order valence-corrected chi connectivity index (χ3v) is 2.32. The van der Waals surface area contributed by atoms with Crippen LogP contribution in [0.25, 0.3) is 0 Å². The third-order valence-electron chi connectivity index (χ3n) is 2.32. The lowest BCUT2D eigenvalue weighted by atomic mass is 10.0. The predicted molar refractivity (Wildman–Crippen MR) is 56.7 cm³/mol. The number of amides is 1. The average Bonchev–Trinajstić information content (AvgIpc) is 2.13. The van der Waals surface area contributed by atoms with Crippen molar-refractivity contribution in [3.05, 3.63) is 0 Å². The number of rotatable bonds is 6. The number of hydrogen-bond donors (Lipinski definition) is 3. The van der Waals surface area contributed by atoms with Crippen molar-refractivity contribution in [3.8, 4) is 0 Å². The molecule has 0 aromatic heterocycles. The van der Waals surface area contributed by atoms with Crippen molar-refractivity contribution < 1.29 is 9.90 Å². The zero-order valence-corrected chi connectivity index (χ0v) is 9.29. The smallest absolute Gasteiger partial charge is 0.221 e. The van der Waals surface area contributed by atoms with E-state index in [1.165, 1.54) is 0 Å². The molecule has 0 heterocycles. The molecule has 0 bridgehead atoms. The van der Waals surface area contributed by atoms with Crippen LogP contribution in [0.2, 0.25) is 0 Å². The van der Waals surface area contributed by atoms with Gasteiger partial charge >= 0.3 is 0 Å². The fourth-order valence-electron chi connectivity index (χ4n) is 1.07. The summed E-state index contributed by atoms with van der Waals surface area (Å²) in [4.78, 5) is 11.4. The van der Waals surface area contributed by atoms with Gasteiger partial charge in [0, 0.05) is 12.5 Å². The summed E-state index contributed by atoms with van der Waals surface area (Å²) >= 11 is 0. The average molecular weight is 202 g/mol. The molecule has 0 rings (SSSR count). The Balaban J connectivity index is 3.91. The highest BCUT2D eigenvalue weighted by Gasteiger charge is 2.16. The third kappa shape index (κ3) is 5.19. The van der Waals surface area contributed by atoms with E-state index in [4.69, 9.17) is 10.8 Å². The Bertz CT molecular complexity index is 172. The summed E-state index contributed by atoms with van der Waals surface area (Å²) in [5.74, 6) is 0.161. The lowest BCUT2D eigenvalue weighted by Gasteiger charge is -2.20. The van der Waals surface area contributed by atoms with Crippen molar-refractivity contribution in [1.82, 2.24) is 5.32 Å². The van der Waals surface area contributed by atoms with Crippen LogP contribution in [0.15, 0.2) is 0 Å². The molecule has 0 saturated carbocycles. The zero-order valence-electron chi connectivity index (χ0n) is 9.29. The zero-order chi connectivity index (χ0) is 11.1. The maximum atomic E-state index is 11.4. The molecule has 4 heteroatoms. The Kier molecular flexibility index (Phi) is 6.49. The van der Waals surface area contributed by atoms with Crippen LogP contribution in [0.1, 0.15) is 33.6 Å². The standard InChI is InChI=1S/C10H22N2O2/c1-4-8(11)5-10(14)12-9(6-13)7(2)3/h7-9,13H,4-6,11H2,1-3H3,(H,12,14)/t8?,9-/m1/s1. The molecular weight excluding hydrogens is 180 g/mol. The number of nitrogens with two attached hydrogens (primary N) is 1. The quantitative estimate of drug-likeness (QED) is 0.578. The second-order valence-electron chi connectivity index (χ2n) is 3.97. The van der Waals surface area contributed by atoms with Gasteiger partial charge < -0.3 is 16.2 Å². The molecule has 14 heavy (non-hydrogen) atoms. The van der Waals surface area contributed by atoms with E-state index in [9.17, 15) is 4.79 Å². The van der Waals surface area contributed by atoms with E-state index in [2.05, 4.69) is 5.32 Å². The normalized spacial score (nSPS) is 15.3. The molecule has 0 radical (unpaired) electrons. The van der Waals surface area contributed by atoms with Gasteiger partial charge in [0.1, 0.15) is 0 Å². The molecule has 0 saturated heterocycles. The summed E-state index contributed by atoms with van der Waals surface area (Å²) in [6.07, 6.45) is 1.12. The van der Waals surface area contributed by atoms with E-state index < -0.39 is 0 Å². The summed E-state index contributed by atoms with van der Waals surface area (Å²) in [6, 6.07) is -0.243. The van der Waals surface area contributed by atoms with E-state index >= 15 is 0 Å². The molecule has 0 fully saturated rings. The number of aliphatic hydroxyl groups is 1. The number of carbonyl (C=O) groups excluding carboxylic acids is 1. The maximum Gasteiger partial charge on any atom is 0.221 e. The van der Waals surface area contributed by atoms with Gasteiger partial charge in [-0.2, -0.15) is 0 Å². The van der Waals surface area contributed by atoms with Gasteiger partial charge in [-0.25, -0.2) is 0 Å². The van der Waals surface area contributed by atoms with Gasteiger partial charge in [-0.1, -0.05) is 20.8 Å². The van der Waals surface area contributed by atoms with E-state index in [-0.39, 0.29) is 30.5 Å². The molecule has 2 atom stereocenters. The van der Waals surface area contributed by atoms with E-state index in [0.29, 0.717) is 6.42 Å². The van der Waals surface area contributed by atoms with E-state index in [1.54, 1.807) is 0 Å². The Morgan fingerprint density at radius 3 is 2.43 bits per heavy atom. The molecule has 0 aliphatic heterocycles. The Morgan fingerprint density at radius 2 is 2.07 bits per heavy atom. The first-order chi connectivity index (χ1) is 6.51. The van der Waals surface area contributed by atoms with Gasteiger partial charge in [-0.3, -0.25) is 4.79 Å². The monoisotopic (exact) mass is 202 g/mol. The van der Waals surface area contributed by atoms with Crippen molar-refractivity contribution in [2.45, 2.75) is 45.7 Å². The first-order valence-electron chi connectivity index (χ1n) is 5.17. The summed E-state index contributed by atoms with van der Waals surface area (Å²) in [5.41, 5.74) is 5.64. The topological polar surface area (TPSA) is 75.4 Å². The van der Waals surface area contributed by atoms with Crippen LogP contribution in [0.4, 0.5) is 0 Å². The predicted octanol–water partition coefficient (Wildman–Crippen LogP) is 0.247. The lowest BCUT2D eigenvalue weighted by molar-refractivity contribution is -0.122. The molecule has 0 aliphatic rings. The molecule has 1 amide bonds. The second-order valence-corrected chi connectivity index (χ2v) is 3.97. The summed E-state index contributed by atoms with van der Waals surface area (Å²) in [5, 5.41) is 11.8. The van der Waals surface area contributed by atoms with Crippen molar-refractivity contribution in [2.75, 3.05) is 6.61 Å². The fraction of sp³-hybridized carbons (Fsp3) is 0.900. The minimum Gasteiger partial charge on any atom is -0.394 e. The largest absolute Gasteiger partial charge is 0.394 e.